The second kappa shape index (κ2) is 5.59. The number of hydrogen-bond acceptors (Lipinski definition) is 6. The molecule has 7 nitrogen and oxygen atoms in total. The molecule has 1 aliphatic carbocycles. The zero-order valence-corrected chi connectivity index (χ0v) is 11.5. The fourth-order valence-corrected chi connectivity index (χ4v) is 3.03. The predicted molar refractivity (Wildman–Crippen MR) is 72.2 cm³/mol. The van der Waals surface area contributed by atoms with Crippen molar-refractivity contribution in [2.75, 3.05) is 0 Å². The molecule has 1 N–H and O–H groups in total. The zero-order chi connectivity index (χ0) is 14.7. The van der Waals surface area contributed by atoms with E-state index in [1.54, 1.807) is 18.6 Å². The van der Waals surface area contributed by atoms with E-state index in [0.29, 0.717) is 23.8 Å². The largest absolute Gasteiger partial charge is 0.481 e. The number of nitrogens with zero attached hydrogens (tertiary/aromatic N) is 4. The molecule has 110 valence electrons. The van der Waals surface area contributed by atoms with Gasteiger partial charge in [0.15, 0.2) is 0 Å². The Morgan fingerprint density at radius 2 is 2.14 bits per heavy atom. The molecule has 0 spiro atoms. The summed E-state index contributed by atoms with van der Waals surface area (Å²) >= 11 is 0. The van der Waals surface area contributed by atoms with Gasteiger partial charge in [-0.1, -0.05) is 18.0 Å². The van der Waals surface area contributed by atoms with Crippen LogP contribution in [-0.4, -0.2) is 31.2 Å². The van der Waals surface area contributed by atoms with Crippen LogP contribution in [0.3, 0.4) is 0 Å². The minimum Gasteiger partial charge on any atom is -0.481 e. The molecule has 2 aromatic rings. The van der Waals surface area contributed by atoms with Gasteiger partial charge >= 0.3 is 5.97 Å². The molecular formula is C14H16N4O3. The van der Waals surface area contributed by atoms with E-state index in [9.17, 15) is 4.79 Å². The summed E-state index contributed by atoms with van der Waals surface area (Å²) in [6.07, 6.45) is 9.25. The van der Waals surface area contributed by atoms with Crippen molar-refractivity contribution in [1.82, 2.24) is 20.1 Å². The number of aromatic nitrogens is 4. The number of rotatable bonds is 5. The van der Waals surface area contributed by atoms with Crippen LogP contribution in [0.1, 0.15) is 38.0 Å². The first-order valence-corrected chi connectivity index (χ1v) is 6.98. The lowest BCUT2D eigenvalue weighted by Gasteiger charge is -2.24. The van der Waals surface area contributed by atoms with Crippen molar-refractivity contribution in [2.45, 2.75) is 38.5 Å². The van der Waals surface area contributed by atoms with E-state index >= 15 is 0 Å². The third-order valence-electron chi connectivity index (χ3n) is 3.98. The summed E-state index contributed by atoms with van der Waals surface area (Å²) in [6.45, 7) is 0. The van der Waals surface area contributed by atoms with Crippen LogP contribution in [0.5, 0.6) is 0 Å². The molecule has 1 aliphatic rings. The smallest absolute Gasteiger partial charge is 0.303 e. The van der Waals surface area contributed by atoms with Crippen LogP contribution in [0.25, 0.3) is 11.5 Å². The van der Waals surface area contributed by atoms with Gasteiger partial charge in [-0.05, 0) is 18.3 Å². The predicted octanol–water partition coefficient (Wildman–Crippen LogP) is 2.10. The molecule has 0 bridgehead atoms. The molecule has 7 heteroatoms. The molecule has 0 aliphatic heterocycles. The Balaban J connectivity index is 1.78. The second-order valence-corrected chi connectivity index (χ2v) is 5.56. The Hall–Kier alpha value is -2.31. The fraction of sp³-hybridized carbons (Fsp3) is 0.500. The minimum atomic E-state index is -0.773. The van der Waals surface area contributed by atoms with Gasteiger partial charge in [-0.3, -0.25) is 9.78 Å². The Kier molecular flexibility index (Phi) is 3.64. The summed E-state index contributed by atoms with van der Waals surface area (Å²) in [7, 11) is 0. The summed E-state index contributed by atoms with van der Waals surface area (Å²) in [5.74, 6) is 0.0888. The van der Waals surface area contributed by atoms with E-state index in [2.05, 4.69) is 20.1 Å². The highest BCUT2D eigenvalue weighted by Crippen LogP contribution is 2.43. The lowest BCUT2D eigenvalue weighted by Crippen LogP contribution is -2.23. The van der Waals surface area contributed by atoms with E-state index in [-0.39, 0.29) is 11.8 Å². The molecule has 2 aromatic heterocycles. The molecule has 21 heavy (non-hydrogen) atoms. The third kappa shape index (κ3) is 3.07. The standard InChI is InChI=1S/C14H16N4O3/c19-12(20)8-14(3-1-2-4-14)7-11-17-13(18-21-11)10-9-15-5-6-16-10/h5-6,9H,1-4,7-8H2,(H,19,20). The summed E-state index contributed by atoms with van der Waals surface area (Å²) in [5.41, 5.74) is 0.295. The van der Waals surface area contributed by atoms with Crippen molar-refractivity contribution in [3.63, 3.8) is 0 Å². The van der Waals surface area contributed by atoms with Gasteiger partial charge in [0.25, 0.3) is 0 Å². The molecule has 0 atom stereocenters. The summed E-state index contributed by atoms with van der Waals surface area (Å²) in [5, 5.41) is 13.0. The van der Waals surface area contributed by atoms with Gasteiger partial charge in [-0.25, -0.2) is 4.98 Å². The fourth-order valence-electron chi connectivity index (χ4n) is 3.03. The van der Waals surface area contributed by atoms with Crippen LogP contribution in [0.15, 0.2) is 23.1 Å². The summed E-state index contributed by atoms with van der Waals surface area (Å²) < 4.78 is 5.27. The molecule has 1 fully saturated rings. The Labute approximate surface area is 121 Å². The maximum atomic E-state index is 11.1. The Morgan fingerprint density at radius 3 is 2.81 bits per heavy atom. The number of carboxylic acids is 1. The quantitative estimate of drug-likeness (QED) is 0.898. The first-order chi connectivity index (χ1) is 10.2. The van der Waals surface area contributed by atoms with Crippen LogP contribution in [-0.2, 0) is 11.2 Å². The van der Waals surface area contributed by atoms with Crippen LogP contribution in [0, 0.1) is 5.41 Å². The first-order valence-electron chi connectivity index (χ1n) is 6.98. The monoisotopic (exact) mass is 288 g/mol. The van der Waals surface area contributed by atoms with Gasteiger partial charge in [0.05, 0.1) is 12.6 Å². The van der Waals surface area contributed by atoms with Gasteiger partial charge < -0.3 is 9.63 Å². The maximum Gasteiger partial charge on any atom is 0.303 e. The third-order valence-corrected chi connectivity index (χ3v) is 3.98. The SMILES string of the molecule is O=C(O)CC1(Cc2nc(-c3cnccn3)no2)CCCC1. The topological polar surface area (TPSA) is 102 Å². The highest BCUT2D eigenvalue weighted by molar-refractivity contribution is 5.67. The van der Waals surface area contributed by atoms with Crippen LogP contribution < -0.4 is 0 Å². The summed E-state index contributed by atoms with van der Waals surface area (Å²) in [6, 6.07) is 0. The van der Waals surface area contributed by atoms with Crippen LogP contribution in [0.2, 0.25) is 0 Å². The average Bonchev–Trinajstić information content (AvgIpc) is 3.09. The van der Waals surface area contributed by atoms with Gasteiger partial charge in [-0.2, -0.15) is 4.98 Å². The molecule has 0 aromatic carbocycles. The van der Waals surface area contributed by atoms with Crippen molar-refractivity contribution < 1.29 is 14.4 Å². The second-order valence-electron chi connectivity index (χ2n) is 5.56. The molecule has 0 radical (unpaired) electrons. The van der Waals surface area contributed by atoms with Gasteiger partial charge in [-0.15, -0.1) is 0 Å². The van der Waals surface area contributed by atoms with Crippen LogP contribution >= 0.6 is 0 Å². The lowest BCUT2D eigenvalue weighted by atomic mass is 9.79. The molecule has 0 saturated heterocycles. The molecular weight excluding hydrogens is 272 g/mol. The van der Waals surface area contributed by atoms with Gasteiger partial charge in [0.2, 0.25) is 11.7 Å². The van der Waals surface area contributed by atoms with Crippen molar-refractivity contribution in [3.05, 3.63) is 24.5 Å². The molecule has 0 unspecified atom stereocenters. The zero-order valence-electron chi connectivity index (χ0n) is 11.5. The molecule has 1 saturated carbocycles. The highest BCUT2D eigenvalue weighted by Gasteiger charge is 2.38. The molecule has 0 amide bonds. The van der Waals surface area contributed by atoms with Gasteiger partial charge in [0.1, 0.15) is 5.69 Å². The van der Waals surface area contributed by atoms with E-state index in [4.69, 9.17) is 9.63 Å². The summed E-state index contributed by atoms with van der Waals surface area (Å²) in [4.78, 5) is 23.5. The minimum absolute atomic E-state index is 0.149. The lowest BCUT2D eigenvalue weighted by molar-refractivity contribution is -0.139. The van der Waals surface area contributed by atoms with Gasteiger partial charge in [0, 0.05) is 18.8 Å². The van der Waals surface area contributed by atoms with E-state index in [0.717, 1.165) is 25.7 Å². The van der Waals surface area contributed by atoms with E-state index < -0.39 is 5.97 Å². The normalized spacial score (nSPS) is 17.0. The van der Waals surface area contributed by atoms with Crippen molar-refractivity contribution >= 4 is 5.97 Å². The maximum absolute atomic E-state index is 11.1. The average molecular weight is 288 g/mol. The number of carbonyl (C=O) groups is 1. The van der Waals surface area contributed by atoms with Crippen molar-refractivity contribution in [2.24, 2.45) is 5.41 Å². The molecule has 3 rings (SSSR count). The molecule has 2 heterocycles. The number of aliphatic carboxylic acids is 1. The number of hydrogen-bond donors (Lipinski definition) is 1. The highest BCUT2D eigenvalue weighted by atomic mass is 16.5. The van der Waals surface area contributed by atoms with Crippen molar-refractivity contribution in [1.29, 1.82) is 0 Å². The Morgan fingerprint density at radius 1 is 1.33 bits per heavy atom. The first kappa shape index (κ1) is 13.7. The number of carboxylic acid groups (broad SMARTS) is 1. The van der Waals surface area contributed by atoms with E-state index in [1.807, 2.05) is 0 Å². The van der Waals surface area contributed by atoms with Crippen LogP contribution in [0.4, 0.5) is 0 Å². The Bertz CT molecular complexity index is 620. The van der Waals surface area contributed by atoms with Crippen molar-refractivity contribution in [3.8, 4) is 11.5 Å². The van der Waals surface area contributed by atoms with E-state index in [1.165, 1.54) is 0 Å².